The molecule has 1 atom stereocenters. The van der Waals surface area contributed by atoms with Crippen molar-refractivity contribution >= 4 is 45.6 Å². The highest BCUT2D eigenvalue weighted by molar-refractivity contribution is 7.14. The third kappa shape index (κ3) is 3.18. The van der Waals surface area contributed by atoms with Crippen LogP contribution in [0, 0.1) is 6.92 Å². The maximum Gasteiger partial charge on any atom is 0.246 e. The Bertz CT molecular complexity index is 1090. The average molecular weight is 416 g/mol. The third-order valence-corrected chi connectivity index (χ3v) is 6.05. The minimum atomic E-state index is -0.266. The normalized spacial score (nSPS) is 15.8. The van der Waals surface area contributed by atoms with Crippen LogP contribution in [0.3, 0.4) is 0 Å². The quantitative estimate of drug-likeness (QED) is 0.703. The van der Waals surface area contributed by atoms with Gasteiger partial charge in [-0.15, -0.1) is 11.3 Å². The van der Waals surface area contributed by atoms with Gasteiger partial charge in [-0.05, 0) is 31.5 Å². The van der Waals surface area contributed by atoms with Crippen molar-refractivity contribution in [2.75, 3.05) is 17.3 Å². The lowest BCUT2D eigenvalue weighted by Gasteiger charge is -2.14. The number of Topliss-reactive ketones (excluding diaryl/α,β-unsaturated/α-hetero) is 1. The van der Waals surface area contributed by atoms with Crippen LogP contribution in [0.25, 0.3) is 11.3 Å². The SMILES string of the molecule is Cc1cc(-c2csc(NC(=O)Cn3cnc4c3C(=O)C(C)N4C)n2)ccc1Cl. The summed E-state index contributed by atoms with van der Waals surface area (Å²) >= 11 is 7.42. The third-order valence-electron chi connectivity index (χ3n) is 4.86. The number of benzene rings is 1. The van der Waals surface area contributed by atoms with E-state index >= 15 is 0 Å². The molecule has 4 rings (SSSR count). The average Bonchev–Trinajstić information content (AvgIpc) is 3.33. The molecule has 2 aromatic heterocycles. The summed E-state index contributed by atoms with van der Waals surface area (Å²) in [5.74, 6) is 0.320. The fourth-order valence-corrected chi connectivity index (χ4v) is 3.99. The number of nitrogens with one attached hydrogen (secondary N) is 1. The fourth-order valence-electron chi connectivity index (χ4n) is 3.14. The summed E-state index contributed by atoms with van der Waals surface area (Å²) in [6, 6.07) is 5.42. The van der Waals surface area contributed by atoms with Gasteiger partial charge in [0.1, 0.15) is 12.2 Å². The van der Waals surface area contributed by atoms with Crippen molar-refractivity contribution in [2.45, 2.75) is 26.4 Å². The molecule has 0 aliphatic carbocycles. The second kappa shape index (κ2) is 7.03. The molecule has 3 aromatic rings. The molecule has 1 unspecified atom stereocenters. The Hall–Kier alpha value is -2.71. The molecule has 28 heavy (non-hydrogen) atoms. The number of nitrogens with zero attached hydrogens (tertiary/aromatic N) is 4. The summed E-state index contributed by atoms with van der Waals surface area (Å²) in [4.78, 5) is 35.4. The van der Waals surface area contributed by atoms with Crippen molar-refractivity contribution in [2.24, 2.45) is 0 Å². The van der Waals surface area contributed by atoms with Crippen LogP contribution in [-0.2, 0) is 11.3 Å². The monoisotopic (exact) mass is 415 g/mol. The van der Waals surface area contributed by atoms with Crippen LogP contribution in [-0.4, -0.2) is 39.3 Å². The Labute approximate surface area is 171 Å². The van der Waals surface area contributed by atoms with Crippen molar-refractivity contribution in [3.63, 3.8) is 0 Å². The van der Waals surface area contributed by atoms with Crippen LogP contribution in [0.4, 0.5) is 10.9 Å². The van der Waals surface area contributed by atoms with Gasteiger partial charge >= 0.3 is 0 Å². The Morgan fingerprint density at radius 3 is 2.93 bits per heavy atom. The first-order chi connectivity index (χ1) is 13.3. The van der Waals surface area contributed by atoms with Gasteiger partial charge in [0.15, 0.2) is 10.9 Å². The van der Waals surface area contributed by atoms with E-state index in [2.05, 4.69) is 15.3 Å². The summed E-state index contributed by atoms with van der Waals surface area (Å²) in [7, 11) is 1.82. The minimum absolute atomic E-state index is 0.00357. The van der Waals surface area contributed by atoms with Gasteiger partial charge < -0.3 is 14.8 Å². The number of rotatable bonds is 4. The van der Waals surface area contributed by atoms with E-state index in [4.69, 9.17) is 11.6 Å². The van der Waals surface area contributed by atoms with Crippen LogP contribution in [0.2, 0.25) is 5.02 Å². The molecule has 7 nitrogen and oxygen atoms in total. The van der Waals surface area contributed by atoms with E-state index < -0.39 is 0 Å². The molecule has 144 valence electrons. The number of carbonyl (C=O) groups excluding carboxylic acids is 2. The fraction of sp³-hybridized carbons (Fsp3) is 0.263. The first-order valence-corrected chi connectivity index (χ1v) is 9.95. The van der Waals surface area contributed by atoms with Crippen LogP contribution < -0.4 is 10.2 Å². The maximum absolute atomic E-state index is 12.5. The highest BCUT2D eigenvalue weighted by Gasteiger charge is 2.36. The number of thiazole rings is 1. The smallest absolute Gasteiger partial charge is 0.246 e. The number of carbonyl (C=O) groups is 2. The lowest BCUT2D eigenvalue weighted by Crippen LogP contribution is -2.29. The summed E-state index contributed by atoms with van der Waals surface area (Å²) in [6.07, 6.45) is 1.52. The van der Waals surface area contributed by atoms with E-state index in [-0.39, 0.29) is 24.3 Å². The zero-order valence-electron chi connectivity index (χ0n) is 15.6. The maximum atomic E-state index is 12.5. The number of imidazole rings is 1. The number of hydrogen-bond acceptors (Lipinski definition) is 6. The molecular formula is C19H18ClN5O2S. The van der Waals surface area contributed by atoms with Crippen molar-refractivity contribution < 1.29 is 9.59 Å². The second-order valence-electron chi connectivity index (χ2n) is 6.75. The van der Waals surface area contributed by atoms with E-state index in [9.17, 15) is 9.59 Å². The van der Waals surface area contributed by atoms with E-state index in [1.165, 1.54) is 17.7 Å². The van der Waals surface area contributed by atoms with Crippen LogP contribution >= 0.6 is 22.9 Å². The number of fused-ring (bicyclic) bond motifs is 1. The Morgan fingerprint density at radius 1 is 1.39 bits per heavy atom. The molecule has 0 bridgehead atoms. The summed E-state index contributed by atoms with van der Waals surface area (Å²) in [5.41, 5.74) is 3.15. The minimum Gasteiger partial charge on any atom is -0.348 e. The first-order valence-electron chi connectivity index (χ1n) is 8.69. The lowest BCUT2D eigenvalue weighted by atomic mass is 10.1. The number of anilines is 2. The molecule has 9 heteroatoms. The van der Waals surface area contributed by atoms with E-state index in [0.717, 1.165) is 16.8 Å². The van der Waals surface area contributed by atoms with Crippen molar-refractivity contribution in [3.05, 3.63) is 46.2 Å². The molecular weight excluding hydrogens is 398 g/mol. The number of aryl methyl sites for hydroxylation is 1. The number of ketones is 1. The Balaban J connectivity index is 1.47. The summed E-state index contributed by atoms with van der Waals surface area (Å²) in [5, 5.41) is 5.88. The zero-order valence-corrected chi connectivity index (χ0v) is 17.1. The molecule has 0 saturated carbocycles. The van der Waals surface area contributed by atoms with Crippen LogP contribution in [0.15, 0.2) is 29.9 Å². The standard InChI is InChI=1S/C19H18ClN5O2S/c1-10-6-12(4-5-13(10)20)14-8-28-19(22-14)23-15(26)7-25-9-21-18-16(25)17(27)11(2)24(18)3/h4-6,8-9,11H,7H2,1-3H3,(H,22,23,26). The lowest BCUT2D eigenvalue weighted by molar-refractivity contribution is -0.116. The highest BCUT2D eigenvalue weighted by Crippen LogP contribution is 2.30. The second-order valence-corrected chi connectivity index (χ2v) is 8.01. The molecule has 1 aliphatic heterocycles. The predicted molar refractivity (Wildman–Crippen MR) is 110 cm³/mol. The molecule has 1 aromatic carbocycles. The van der Waals surface area contributed by atoms with Crippen LogP contribution in [0.1, 0.15) is 23.0 Å². The van der Waals surface area contributed by atoms with Crippen LogP contribution in [0.5, 0.6) is 0 Å². The van der Waals surface area contributed by atoms with E-state index in [1.807, 2.05) is 49.4 Å². The van der Waals surface area contributed by atoms with Gasteiger partial charge in [0.05, 0.1) is 18.1 Å². The van der Waals surface area contributed by atoms with Gasteiger partial charge in [0.25, 0.3) is 0 Å². The van der Waals surface area contributed by atoms with Gasteiger partial charge in [0, 0.05) is 23.0 Å². The van der Waals surface area contributed by atoms with Gasteiger partial charge in [-0.25, -0.2) is 9.97 Å². The Kier molecular flexibility index (Phi) is 4.68. The number of aromatic nitrogens is 3. The molecule has 0 fully saturated rings. The topological polar surface area (TPSA) is 80.1 Å². The molecule has 1 N–H and O–H groups in total. The number of hydrogen-bond donors (Lipinski definition) is 1. The van der Waals surface area contributed by atoms with Crippen molar-refractivity contribution in [1.82, 2.24) is 14.5 Å². The highest BCUT2D eigenvalue weighted by atomic mass is 35.5. The van der Waals surface area contributed by atoms with Gasteiger partial charge in [-0.3, -0.25) is 9.59 Å². The number of likely N-dealkylation sites (N-methyl/N-ethyl adjacent to an activating group) is 1. The van der Waals surface area contributed by atoms with Gasteiger partial charge in [-0.2, -0.15) is 0 Å². The molecule has 3 heterocycles. The van der Waals surface area contributed by atoms with E-state index in [1.54, 1.807) is 4.57 Å². The van der Waals surface area contributed by atoms with Crippen molar-refractivity contribution in [3.8, 4) is 11.3 Å². The van der Waals surface area contributed by atoms with Gasteiger partial charge in [0.2, 0.25) is 11.7 Å². The summed E-state index contributed by atoms with van der Waals surface area (Å²) < 4.78 is 1.59. The molecule has 1 amide bonds. The number of amides is 1. The number of halogens is 1. The molecule has 0 radical (unpaired) electrons. The Morgan fingerprint density at radius 2 is 2.18 bits per heavy atom. The van der Waals surface area contributed by atoms with Gasteiger partial charge in [-0.1, -0.05) is 17.7 Å². The molecule has 0 saturated heterocycles. The van der Waals surface area contributed by atoms with E-state index in [0.29, 0.717) is 21.7 Å². The zero-order chi connectivity index (χ0) is 20.0. The molecule has 1 aliphatic rings. The van der Waals surface area contributed by atoms with Crippen molar-refractivity contribution in [1.29, 1.82) is 0 Å². The largest absolute Gasteiger partial charge is 0.348 e. The summed E-state index contributed by atoms with van der Waals surface area (Å²) in [6.45, 7) is 3.76. The molecule has 0 spiro atoms. The first kappa shape index (κ1) is 18.6. The predicted octanol–water partition coefficient (Wildman–Crippen LogP) is 3.63.